The van der Waals surface area contributed by atoms with Crippen LogP contribution >= 0.6 is 0 Å². The number of ether oxygens (including phenoxy) is 1. The molecule has 0 spiro atoms. The lowest BCUT2D eigenvalue weighted by Crippen LogP contribution is -2.47. The predicted octanol–water partition coefficient (Wildman–Crippen LogP) is 4.26. The fourth-order valence-electron chi connectivity index (χ4n) is 4.49. The Morgan fingerprint density at radius 1 is 1.06 bits per heavy atom. The van der Waals surface area contributed by atoms with Crippen molar-refractivity contribution in [3.05, 3.63) is 88.5 Å². The van der Waals surface area contributed by atoms with Gasteiger partial charge in [0.15, 0.2) is 11.6 Å². The molecule has 0 N–H and O–H groups in total. The molecular weight excluding hydrogens is 386 g/mol. The summed E-state index contributed by atoms with van der Waals surface area (Å²) < 4.78 is 5.65. The van der Waals surface area contributed by atoms with E-state index in [2.05, 4.69) is 70.3 Å². The van der Waals surface area contributed by atoms with Crippen molar-refractivity contribution in [1.29, 1.82) is 0 Å². The average Bonchev–Trinajstić information content (AvgIpc) is 2.79. The first-order valence-corrected chi connectivity index (χ1v) is 11.0. The maximum atomic E-state index is 12.0. The molecule has 2 aliphatic rings. The number of carbonyl (C=O) groups excluding carboxylic acids is 1. The minimum absolute atomic E-state index is 0.00611. The zero-order valence-corrected chi connectivity index (χ0v) is 18.1. The van der Waals surface area contributed by atoms with Gasteiger partial charge in [-0.15, -0.1) is 0 Å². The Morgan fingerprint density at radius 2 is 1.74 bits per heavy atom. The molecule has 5 rings (SSSR count). The highest BCUT2D eigenvalue weighted by molar-refractivity contribution is 5.92. The SMILES string of the molecule is CCC(=O)c1ncc2c(n1)CN(c1ccc(C3(c4ccc(C)cc4)COC3)cc1)CC2. The van der Waals surface area contributed by atoms with Gasteiger partial charge in [0.05, 0.1) is 30.9 Å². The van der Waals surface area contributed by atoms with Gasteiger partial charge in [-0.25, -0.2) is 9.97 Å². The molecule has 158 valence electrons. The van der Waals surface area contributed by atoms with Crippen molar-refractivity contribution in [2.45, 2.75) is 38.6 Å². The molecule has 1 saturated heterocycles. The second-order valence-corrected chi connectivity index (χ2v) is 8.60. The van der Waals surface area contributed by atoms with Gasteiger partial charge in [0.2, 0.25) is 0 Å². The second kappa shape index (κ2) is 7.89. The molecule has 0 atom stereocenters. The summed E-state index contributed by atoms with van der Waals surface area (Å²) in [4.78, 5) is 23.2. The monoisotopic (exact) mass is 413 g/mol. The molecule has 31 heavy (non-hydrogen) atoms. The number of fused-ring (bicyclic) bond motifs is 1. The number of aryl methyl sites for hydroxylation is 1. The molecule has 0 unspecified atom stereocenters. The number of rotatable bonds is 5. The van der Waals surface area contributed by atoms with Crippen LogP contribution in [0.2, 0.25) is 0 Å². The van der Waals surface area contributed by atoms with E-state index >= 15 is 0 Å². The van der Waals surface area contributed by atoms with Crippen molar-refractivity contribution >= 4 is 11.5 Å². The van der Waals surface area contributed by atoms with Gasteiger partial charge in [-0.05, 0) is 42.2 Å². The van der Waals surface area contributed by atoms with Crippen LogP contribution in [-0.4, -0.2) is 35.5 Å². The van der Waals surface area contributed by atoms with Gasteiger partial charge >= 0.3 is 0 Å². The lowest BCUT2D eigenvalue weighted by Gasteiger charge is -2.43. The van der Waals surface area contributed by atoms with E-state index in [1.54, 1.807) is 0 Å². The van der Waals surface area contributed by atoms with Gasteiger partial charge in [-0.3, -0.25) is 4.79 Å². The van der Waals surface area contributed by atoms with E-state index in [1.807, 2.05) is 13.1 Å². The third-order valence-electron chi connectivity index (χ3n) is 6.60. The lowest BCUT2D eigenvalue weighted by atomic mass is 9.73. The van der Waals surface area contributed by atoms with Crippen LogP contribution in [0.25, 0.3) is 0 Å². The predicted molar refractivity (Wildman–Crippen MR) is 121 cm³/mol. The summed E-state index contributed by atoms with van der Waals surface area (Å²) in [5, 5.41) is 0. The highest BCUT2D eigenvalue weighted by Gasteiger charge is 2.42. The van der Waals surface area contributed by atoms with Gasteiger partial charge in [0.25, 0.3) is 0 Å². The van der Waals surface area contributed by atoms with E-state index in [9.17, 15) is 4.79 Å². The van der Waals surface area contributed by atoms with Crippen LogP contribution in [0, 0.1) is 6.92 Å². The van der Waals surface area contributed by atoms with Crippen LogP contribution in [0.15, 0.2) is 54.7 Å². The number of aromatic nitrogens is 2. The summed E-state index contributed by atoms with van der Waals surface area (Å²) in [6.07, 6.45) is 3.14. The highest BCUT2D eigenvalue weighted by atomic mass is 16.5. The molecule has 1 aromatic heterocycles. The first kappa shape index (κ1) is 19.9. The normalized spacial score (nSPS) is 17.0. The summed E-state index contributed by atoms with van der Waals surface area (Å²) in [6, 6.07) is 17.7. The maximum Gasteiger partial charge on any atom is 0.199 e. The topological polar surface area (TPSA) is 55.3 Å². The first-order valence-electron chi connectivity index (χ1n) is 11.0. The standard InChI is InChI=1S/C26H27N3O2/c1-3-24(30)25-27-14-19-12-13-29(15-23(19)28-25)22-10-8-21(9-11-22)26(16-31-17-26)20-6-4-18(2)5-7-20/h4-11,14H,3,12-13,15-17H2,1-2H3. The molecular formula is C26H27N3O2. The average molecular weight is 414 g/mol. The third kappa shape index (κ3) is 3.53. The molecule has 3 aromatic rings. The van der Waals surface area contributed by atoms with Crippen molar-refractivity contribution in [3.8, 4) is 0 Å². The Labute approximate surface area is 183 Å². The molecule has 1 fully saturated rings. The molecule has 0 bridgehead atoms. The Kier molecular flexibility index (Phi) is 5.06. The zero-order chi connectivity index (χ0) is 21.4. The van der Waals surface area contributed by atoms with Gasteiger partial charge in [0, 0.05) is 24.8 Å². The lowest BCUT2D eigenvalue weighted by molar-refractivity contribution is -0.0379. The van der Waals surface area contributed by atoms with E-state index < -0.39 is 0 Å². The number of Topliss-reactive ketones (excluding diaryl/α,β-unsaturated/α-hetero) is 1. The van der Waals surface area contributed by atoms with Crippen molar-refractivity contribution in [1.82, 2.24) is 9.97 Å². The van der Waals surface area contributed by atoms with Gasteiger partial charge in [-0.1, -0.05) is 48.9 Å². The van der Waals surface area contributed by atoms with Crippen molar-refractivity contribution in [2.75, 3.05) is 24.7 Å². The molecule has 5 nitrogen and oxygen atoms in total. The summed E-state index contributed by atoms with van der Waals surface area (Å²) in [6.45, 7) is 7.02. The Morgan fingerprint density at radius 3 is 2.35 bits per heavy atom. The third-order valence-corrected chi connectivity index (χ3v) is 6.60. The minimum Gasteiger partial charge on any atom is -0.379 e. The van der Waals surface area contributed by atoms with Crippen LogP contribution in [0.3, 0.4) is 0 Å². The summed E-state index contributed by atoms with van der Waals surface area (Å²) >= 11 is 0. The first-order chi connectivity index (χ1) is 15.1. The molecule has 2 aromatic carbocycles. The number of hydrogen-bond acceptors (Lipinski definition) is 5. The fraction of sp³-hybridized carbons (Fsp3) is 0.346. The largest absolute Gasteiger partial charge is 0.379 e. The number of ketones is 1. The van der Waals surface area contributed by atoms with E-state index in [4.69, 9.17) is 4.74 Å². The van der Waals surface area contributed by atoms with E-state index in [1.165, 1.54) is 22.4 Å². The summed E-state index contributed by atoms with van der Waals surface area (Å²) in [7, 11) is 0. The van der Waals surface area contributed by atoms with E-state index in [0.29, 0.717) is 18.8 Å². The van der Waals surface area contributed by atoms with Crippen molar-refractivity contribution in [2.24, 2.45) is 0 Å². The smallest absolute Gasteiger partial charge is 0.199 e. The fourth-order valence-corrected chi connectivity index (χ4v) is 4.49. The molecule has 0 saturated carbocycles. The highest BCUT2D eigenvalue weighted by Crippen LogP contribution is 2.40. The molecule has 3 heterocycles. The minimum atomic E-state index is -0.0522. The van der Waals surface area contributed by atoms with Gasteiger partial charge in [0.1, 0.15) is 0 Å². The number of benzene rings is 2. The van der Waals surface area contributed by atoms with Gasteiger partial charge in [-0.2, -0.15) is 0 Å². The molecule has 5 heteroatoms. The molecule has 0 aliphatic carbocycles. The second-order valence-electron chi connectivity index (χ2n) is 8.60. The Hall–Kier alpha value is -3.05. The van der Waals surface area contributed by atoms with Gasteiger partial charge < -0.3 is 9.64 Å². The number of nitrogens with zero attached hydrogens (tertiary/aromatic N) is 3. The zero-order valence-electron chi connectivity index (χ0n) is 18.1. The quantitative estimate of drug-likeness (QED) is 0.585. The number of hydrogen-bond donors (Lipinski definition) is 0. The Bertz CT molecular complexity index is 1100. The summed E-state index contributed by atoms with van der Waals surface area (Å²) in [5.74, 6) is 0.330. The van der Waals surface area contributed by atoms with Crippen molar-refractivity contribution in [3.63, 3.8) is 0 Å². The van der Waals surface area contributed by atoms with Crippen LogP contribution in [0.1, 0.15) is 51.9 Å². The molecule has 0 radical (unpaired) electrons. The Balaban J connectivity index is 1.38. The number of carbonyl (C=O) groups is 1. The van der Waals surface area contributed by atoms with Crippen LogP contribution < -0.4 is 4.90 Å². The van der Waals surface area contributed by atoms with Crippen molar-refractivity contribution < 1.29 is 9.53 Å². The molecule has 2 aliphatic heterocycles. The van der Waals surface area contributed by atoms with Crippen LogP contribution in [-0.2, 0) is 23.1 Å². The number of anilines is 1. The van der Waals surface area contributed by atoms with E-state index in [-0.39, 0.29) is 11.2 Å². The van der Waals surface area contributed by atoms with Crippen LogP contribution in [0.4, 0.5) is 5.69 Å². The maximum absolute atomic E-state index is 12.0. The summed E-state index contributed by atoms with van der Waals surface area (Å²) in [5.41, 5.74) is 7.11. The molecule has 0 amide bonds. The van der Waals surface area contributed by atoms with E-state index in [0.717, 1.165) is 37.4 Å². The van der Waals surface area contributed by atoms with Crippen LogP contribution in [0.5, 0.6) is 0 Å².